The first-order valence-corrected chi connectivity index (χ1v) is 10.3. The molecule has 0 N–H and O–H groups in total. The van der Waals surface area contributed by atoms with Gasteiger partial charge in [0.1, 0.15) is 6.61 Å². The van der Waals surface area contributed by atoms with E-state index < -0.39 is 0 Å². The summed E-state index contributed by atoms with van der Waals surface area (Å²) < 4.78 is 8.64. The predicted octanol–water partition coefficient (Wildman–Crippen LogP) is 1.83. The molecular formula is C21H24N6O3. The average Bonchev–Trinajstić information content (AvgIpc) is 3.05. The molecule has 0 spiro atoms. The Morgan fingerprint density at radius 2 is 2.13 bits per heavy atom. The van der Waals surface area contributed by atoms with Gasteiger partial charge >= 0.3 is 5.69 Å². The fourth-order valence-corrected chi connectivity index (χ4v) is 4.26. The highest BCUT2D eigenvalue weighted by atomic mass is 16.5. The summed E-state index contributed by atoms with van der Waals surface area (Å²) >= 11 is 0. The van der Waals surface area contributed by atoms with Crippen molar-refractivity contribution < 1.29 is 9.53 Å². The number of piperidine rings is 1. The summed E-state index contributed by atoms with van der Waals surface area (Å²) in [7, 11) is 1.63. The number of fused-ring (bicyclic) bond motifs is 2. The van der Waals surface area contributed by atoms with Gasteiger partial charge in [0, 0.05) is 44.3 Å². The standard InChI is InChI=1S/C21H24N6O3/c1-14-4-3-6-25(13-14)20(28)15-10-17-19(22-12-15)26(8-9-30-17)16-5-7-27-18(11-16)23-24(2)21(27)29/h5,7,10-12,14H,3-4,6,8-9,13H2,1-2H3/t14-/m1/s1. The Bertz CT molecular complexity index is 1180. The smallest absolute Gasteiger partial charge is 0.350 e. The minimum absolute atomic E-state index is 0.00635. The van der Waals surface area contributed by atoms with Gasteiger partial charge in [-0.3, -0.25) is 9.20 Å². The van der Waals surface area contributed by atoms with Gasteiger partial charge in [-0.15, -0.1) is 0 Å². The van der Waals surface area contributed by atoms with Crippen molar-refractivity contribution in [3.63, 3.8) is 0 Å². The van der Waals surface area contributed by atoms with Crippen LogP contribution in [0.25, 0.3) is 5.65 Å². The van der Waals surface area contributed by atoms with E-state index >= 15 is 0 Å². The van der Waals surface area contributed by atoms with Gasteiger partial charge in [0.2, 0.25) is 0 Å². The van der Waals surface area contributed by atoms with Crippen LogP contribution in [0.5, 0.6) is 5.75 Å². The first kappa shape index (κ1) is 18.7. The van der Waals surface area contributed by atoms with E-state index in [2.05, 4.69) is 17.0 Å². The SMILES string of the molecule is C[C@@H]1CCCN(C(=O)c2cnc3c(c2)OCCN3c2ccn3c(=O)n(C)nc3c2)C1. The highest BCUT2D eigenvalue weighted by molar-refractivity contribution is 5.95. The third-order valence-corrected chi connectivity index (χ3v) is 5.82. The molecular weight excluding hydrogens is 384 g/mol. The molecule has 0 aliphatic carbocycles. The van der Waals surface area contributed by atoms with Crippen LogP contribution in [0, 0.1) is 5.92 Å². The molecule has 2 aliphatic rings. The molecule has 3 aromatic heterocycles. The maximum absolute atomic E-state index is 12.9. The van der Waals surface area contributed by atoms with E-state index in [-0.39, 0.29) is 11.6 Å². The number of ether oxygens (including phenoxy) is 1. The third kappa shape index (κ3) is 3.10. The maximum atomic E-state index is 12.9. The number of hydrogen-bond acceptors (Lipinski definition) is 6. The average molecular weight is 408 g/mol. The van der Waals surface area contributed by atoms with Gasteiger partial charge in [-0.25, -0.2) is 14.5 Å². The summed E-state index contributed by atoms with van der Waals surface area (Å²) in [6.45, 7) is 4.85. The summed E-state index contributed by atoms with van der Waals surface area (Å²) in [5.41, 5.74) is 1.80. The summed E-state index contributed by atoms with van der Waals surface area (Å²) in [5.74, 6) is 1.78. The van der Waals surface area contributed by atoms with E-state index in [9.17, 15) is 9.59 Å². The van der Waals surface area contributed by atoms with Gasteiger partial charge in [0.05, 0.1) is 12.1 Å². The van der Waals surface area contributed by atoms with Crippen molar-refractivity contribution in [1.82, 2.24) is 24.1 Å². The van der Waals surface area contributed by atoms with Gasteiger partial charge in [-0.2, -0.15) is 5.10 Å². The van der Waals surface area contributed by atoms with Crippen molar-refractivity contribution in [2.24, 2.45) is 13.0 Å². The number of nitrogens with zero attached hydrogens (tertiary/aromatic N) is 6. The molecule has 9 heteroatoms. The quantitative estimate of drug-likeness (QED) is 0.643. The van der Waals surface area contributed by atoms with Gasteiger partial charge in [-0.05, 0) is 30.9 Å². The number of carbonyl (C=O) groups excluding carboxylic acids is 1. The molecule has 9 nitrogen and oxygen atoms in total. The lowest BCUT2D eigenvalue weighted by atomic mass is 10.00. The molecule has 3 aromatic rings. The largest absolute Gasteiger partial charge is 0.488 e. The number of carbonyl (C=O) groups is 1. The topological polar surface area (TPSA) is 85.0 Å². The number of hydrogen-bond donors (Lipinski definition) is 0. The minimum atomic E-state index is -0.188. The number of rotatable bonds is 2. The van der Waals surface area contributed by atoms with E-state index in [0.717, 1.165) is 31.6 Å². The Morgan fingerprint density at radius 1 is 1.27 bits per heavy atom. The van der Waals surface area contributed by atoms with Crippen molar-refractivity contribution in [2.45, 2.75) is 19.8 Å². The molecule has 5 rings (SSSR count). The van der Waals surface area contributed by atoms with Crippen molar-refractivity contribution in [1.29, 1.82) is 0 Å². The van der Waals surface area contributed by atoms with Crippen LogP contribution in [0.4, 0.5) is 11.5 Å². The number of aryl methyl sites for hydroxylation is 1. The first-order chi connectivity index (χ1) is 14.5. The number of amides is 1. The maximum Gasteiger partial charge on any atom is 0.350 e. The molecule has 1 amide bonds. The molecule has 0 unspecified atom stereocenters. The van der Waals surface area contributed by atoms with Crippen LogP contribution < -0.4 is 15.3 Å². The first-order valence-electron chi connectivity index (χ1n) is 10.3. The van der Waals surface area contributed by atoms with Crippen LogP contribution in [0.15, 0.2) is 35.4 Å². The van der Waals surface area contributed by atoms with Crippen LogP contribution in [-0.4, -0.2) is 56.2 Å². The zero-order valence-electron chi connectivity index (χ0n) is 17.1. The van der Waals surface area contributed by atoms with Crippen molar-refractivity contribution in [3.8, 4) is 5.75 Å². The highest BCUT2D eigenvalue weighted by Gasteiger charge is 2.26. The van der Waals surface area contributed by atoms with Gasteiger partial charge in [-0.1, -0.05) is 6.92 Å². The zero-order chi connectivity index (χ0) is 20.8. The van der Waals surface area contributed by atoms with Crippen LogP contribution in [-0.2, 0) is 7.05 Å². The Balaban J connectivity index is 1.46. The van der Waals surface area contributed by atoms with Crippen LogP contribution in [0.2, 0.25) is 0 Å². The third-order valence-electron chi connectivity index (χ3n) is 5.82. The Morgan fingerprint density at radius 3 is 2.97 bits per heavy atom. The second-order valence-corrected chi connectivity index (χ2v) is 8.06. The highest BCUT2D eigenvalue weighted by Crippen LogP contribution is 2.35. The van der Waals surface area contributed by atoms with Crippen LogP contribution in [0.1, 0.15) is 30.1 Å². The summed E-state index contributed by atoms with van der Waals surface area (Å²) in [6, 6.07) is 5.51. The van der Waals surface area contributed by atoms with Crippen LogP contribution >= 0.6 is 0 Å². The molecule has 30 heavy (non-hydrogen) atoms. The summed E-state index contributed by atoms with van der Waals surface area (Å²) in [6.07, 6.45) is 5.54. The fourth-order valence-electron chi connectivity index (χ4n) is 4.26. The van der Waals surface area contributed by atoms with Gasteiger partial charge in [0.25, 0.3) is 5.91 Å². The second-order valence-electron chi connectivity index (χ2n) is 8.06. The van der Waals surface area contributed by atoms with Crippen LogP contribution in [0.3, 0.4) is 0 Å². The monoisotopic (exact) mass is 408 g/mol. The lowest BCUT2D eigenvalue weighted by Gasteiger charge is -2.32. The van der Waals surface area contributed by atoms with E-state index in [1.54, 1.807) is 25.5 Å². The number of likely N-dealkylation sites (tertiary alicyclic amines) is 1. The van der Waals surface area contributed by atoms with E-state index in [4.69, 9.17) is 4.74 Å². The van der Waals surface area contributed by atoms with Gasteiger partial charge in [0.15, 0.2) is 17.2 Å². The molecule has 0 bridgehead atoms. The van der Waals surface area contributed by atoms with Crippen molar-refractivity contribution >= 4 is 23.1 Å². The number of aromatic nitrogens is 4. The predicted molar refractivity (Wildman–Crippen MR) is 111 cm³/mol. The molecule has 156 valence electrons. The molecule has 0 radical (unpaired) electrons. The van der Waals surface area contributed by atoms with Crippen molar-refractivity contribution in [2.75, 3.05) is 31.1 Å². The Labute approximate surface area is 173 Å². The van der Waals surface area contributed by atoms with E-state index in [1.807, 2.05) is 21.9 Å². The molecule has 0 saturated carbocycles. The number of anilines is 2. The van der Waals surface area contributed by atoms with E-state index in [1.165, 1.54) is 9.08 Å². The normalized spacial score (nSPS) is 18.9. The Hall–Kier alpha value is -3.36. The Kier molecular flexibility index (Phi) is 4.45. The van der Waals surface area contributed by atoms with Crippen molar-refractivity contribution in [3.05, 3.63) is 46.6 Å². The lowest BCUT2D eigenvalue weighted by molar-refractivity contribution is 0.0682. The fraction of sp³-hybridized carbons (Fsp3) is 0.429. The van der Waals surface area contributed by atoms with Gasteiger partial charge < -0.3 is 14.5 Å². The molecule has 0 aromatic carbocycles. The lowest BCUT2D eigenvalue weighted by Crippen LogP contribution is -2.39. The number of pyridine rings is 2. The van der Waals surface area contributed by atoms with E-state index in [0.29, 0.717) is 41.8 Å². The second kappa shape index (κ2) is 7.16. The minimum Gasteiger partial charge on any atom is -0.488 e. The molecule has 2 aliphatic heterocycles. The molecule has 1 saturated heterocycles. The zero-order valence-corrected chi connectivity index (χ0v) is 17.1. The summed E-state index contributed by atoms with van der Waals surface area (Å²) in [5, 5.41) is 4.26. The molecule has 1 fully saturated rings. The molecule has 5 heterocycles. The summed E-state index contributed by atoms with van der Waals surface area (Å²) in [4.78, 5) is 33.5. The molecule has 1 atom stereocenters.